The second kappa shape index (κ2) is 5.35. The van der Waals surface area contributed by atoms with Crippen molar-refractivity contribution in [2.45, 2.75) is 39.2 Å². The highest BCUT2D eigenvalue weighted by atomic mass is 16.2. The zero-order valence-electron chi connectivity index (χ0n) is 9.55. The van der Waals surface area contributed by atoms with E-state index in [0.29, 0.717) is 18.4 Å². The second-order valence-electron chi connectivity index (χ2n) is 4.43. The zero-order valence-corrected chi connectivity index (χ0v) is 9.55. The lowest BCUT2D eigenvalue weighted by atomic mass is 10.0. The van der Waals surface area contributed by atoms with Crippen LogP contribution in [0.15, 0.2) is 0 Å². The molecule has 1 aliphatic rings. The van der Waals surface area contributed by atoms with Crippen LogP contribution in [0.4, 0.5) is 0 Å². The summed E-state index contributed by atoms with van der Waals surface area (Å²) in [5, 5.41) is 3.48. The first kappa shape index (κ1) is 11.5. The van der Waals surface area contributed by atoms with Gasteiger partial charge in [-0.05, 0) is 18.9 Å². The number of rotatable bonds is 4. The fourth-order valence-corrected chi connectivity index (χ4v) is 1.63. The van der Waals surface area contributed by atoms with Gasteiger partial charge in [-0.2, -0.15) is 0 Å². The van der Waals surface area contributed by atoms with E-state index in [9.17, 15) is 4.79 Å². The molecule has 1 heterocycles. The van der Waals surface area contributed by atoms with Gasteiger partial charge < -0.3 is 10.2 Å². The molecule has 2 unspecified atom stereocenters. The molecule has 1 aliphatic heterocycles. The number of amides is 1. The largest absolute Gasteiger partial charge is 0.346 e. The monoisotopic (exact) mass is 198 g/mol. The summed E-state index contributed by atoms with van der Waals surface area (Å²) in [5.74, 6) is 0.989. The van der Waals surface area contributed by atoms with Crippen molar-refractivity contribution in [1.29, 1.82) is 0 Å². The van der Waals surface area contributed by atoms with Crippen LogP contribution >= 0.6 is 0 Å². The molecule has 1 rings (SSSR count). The van der Waals surface area contributed by atoms with Gasteiger partial charge in [-0.1, -0.05) is 20.3 Å². The Hall–Kier alpha value is -0.570. The number of piperidine rings is 1. The van der Waals surface area contributed by atoms with E-state index < -0.39 is 0 Å². The minimum atomic E-state index is 0.276. The number of carbonyl (C=O) groups is 1. The van der Waals surface area contributed by atoms with Gasteiger partial charge in [-0.15, -0.1) is 0 Å². The summed E-state index contributed by atoms with van der Waals surface area (Å²) in [6, 6.07) is 0.410. The number of nitrogens with zero attached hydrogens (tertiary/aromatic N) is 1. The average molecular weight is 198 g/mol. The van der Waals surface area contributed by atoms with E-state index in [-0.39, 0.29) is 5.91 Å². The molecule has 0 spiro atoms. The van der Waals surface area contributed by atoms with Gasteiger partial charge in [0.1, 0.15) is 0 Å². The molecule has 1 amide bonds. The average Bonchev–Trinajstić information content (AvgIpc) is 2.19. The van der Waals surface area contributed by atoms with E-state index in [1.807, 2.05) is 11.9 Å². The minimum Gasteiger partial charge on any atom is -0.346 e. The zero-order chi connectivity index (χ0) is 10.6. The van der Waals surface area contributed by atoms with Gasteiger partial charge in [0.15, 0.2) is 0 Å². The van der Waals surface area contributed by atoms with Crippen LogP contribution in [0, 0.1) is 5.92 Å². The molecule has 14 heavy (non-hydrogen) atoms. The molecule has 0 radical (unpaired) electrons. The lowest BCUT2D eigenvalue weighted by molar-refractivity contribution is -0.132. The van der Waals surface area contributed by atoms with E-state index >= 15 is 0 Å². The molecule has 0 aromatic rings. The Balaban J connectivity index is 2.23. The molecule has 3 heteroatoms. The highest BCUT2D eigenvalue weighted by Crippen LogP contribution is 2.10. The maximum Gasteiger partial charge on any atom is 0.223 e. The Morgan fingerprint density at radius 2 is 2.36 bits per heavy atom. The smallest absolute Gasteiger partial charge is 0.223 e. The third-order valence-corrected chi connectivity index (χ3v) is 3.11. The van der Waals surface area contributed by atoms with Gasteiger partial charge >= 0.3 is 0 Å². The molecule has 0 saturated carbocycles. The SMILES string of the molecule is CCC(C)CNC1CCN(C)C(=O)C1. The Bertz CT molecular complexity index is 194. The summed E-state index contributed by atoms with van der Waals surface area (Å²) in [6.45, 7) is 6.38. The van der Waals surface area contributed by atoms with Gasteiger partial charge in [0, 0.05) is 26.1 Å². The number of likely N-dealkylation sites (tertiary alicyclic amines) is 1. The summed E-state index contributed by atoms with van der Waals surface area (Å²) in [5.41, 5.74) is 0. The van der Waals surface area contributed by atoms with Gasteiger partial charge in [0.25, 0.3) is 0 Å². The Morgan fingerprint density at radius 3 is 2.93 bits per heavy atom. The van der Waals surface area contributed by atoms with Crippen LogP contribution in [-0.4, -0.2) is 37.0 Å². The molecule has 1 fully saturated rings. The molecule has 0 bridgehead atoms. The van der Waals surface area contributed by atoms with Gasteiger partial charge in [0.2, 0.25) is 5.91 Å². The standard InChI is InChI=1S/C11H22N2O/c1-4-9(2)8-12-10-5-6-13(3)11(14)7-10/h9-10,12H,4-8H2,1-3H3. The van der Waals surface area contributed by atoms with Crippen molar-refractivity contribution in [3.8, 4) is 0 Å². The van der Waals surface area contributed by atoms with Crippen LogP contribution in [0.1, 0.15) is 33.1 Å². The van der Waals surface area contributed by atoms with Crippen LogP contribution in [-0.2, 0) is 4.79 Å². The number of carbonyl (C=O) groups excluding carboxylic acids is 1. The minimum absolute atomic E-state index is 0.276. The van der Waals surface area contributed by atoms with Crippen molar-refractivity contribution in [2.24, 2.45) is 5.92 Å². The topological polar surface area (TPSA) is 32.3 Å². The lowest BCUT2D eigenvalue weighted by Gasteiger charge is -2.30. The first-order valence-corrected chi connectivity index (χ1v) is 5.60. The van der Waals surface area contributed by atoms with Crippen molar-refractivity contribution >= 4 is 5.91 Å². The van der Waals surface area contributed by atoms with Crippen molar-refractivity contribution in [3.63, 3.8) is 0 Å². The van der Waals surface area contributed by atoms with Crippen molar-refractivity contribution < 1.29 is 4.79 Å². The molecule has 2 atom stereocenters. The molecule has 0 aromatic heterocycles. The maximum atomic E-state index is 11.4. The Morgan fingerprint density at radius 1 is 1.64 bits per heavy atom. The molecule has 3 nitrogen and oxygen atoms in total. The van der Waals surface area contributed by atoms with E-state index in [4.69, 9.17) is 0 Å². The van der Waals surface area contributed by atoms with Crippen LogP contribution in [0.25, 0.3) is 0 Å². The molecular weight excluding hydrogens is 176 g/mol. The summed E-state index contributed by atoms with van der Waals surface area (Å²) in [7, 11) is 1.88. The van der Waals surface area contributed by atoms with Gasteiger partial charge in [0.05, 0.1) is 0 Å². The first-order chi connectivity index (χ1) is 6.63. The summed E-state index contributed by atoms with van der Waals surface area (Å²) >= 11 is 0. The van der Waals surface area contributed by atoms with Gasteiger partial charge in [-0.25, -0.2) is 0 Å². The van der Waals surface area contributed by atoms with Crippen molar-refractivity contribution in [1.82, 2.24) is 10.2 Å². The normalized spacial score (nSPS) is 25.2. The van der Waals surface area contributed by atoms with Gasteiger partial charge in [-0.3, -0.25) is 4.79 Å². The summed E-state index contributed by atoms with van der Waals surface area (Å²) in [6.07, 6.45) is 2.97. The fourth-order valence-electron chi connectivity index (χ4n) is 1.63. The van der Waals surface area contributed by atoms with Crippen LogP contribution in [0.3, 0.4) is 0 Å². The molecule has 0 aliphatic carbocycles. The summed E-state index contributed by atoms with van der Waals surface area (Å²) < 4.78 is 0. The van der Waals surface area contributed by atoms with E-state index in [1.165, 1.54) is 6.42 Å². The predicted molar refractivity (Wildman–Crippen MR) is 58.1 cm³/mol. The lowest BCUT2D eigenvalue weighted by Crippen LogP contribution is -2.45. The second-order valence-corrected chi connectivity index (χ2v) is 4.43. The third kappa shape index (κ3) is 3.29. The molecule has 1 saturated heterocycles. The Labute approximate surface area is 86.9 Å². The van der Waals surface area contributed by atoms with E-state index in [1.54, 1.807) is 0 Å². The molecule has 1 N–H and O–H groups in total. The first-order valence-electron chi connectivity index (χ1n) is 5.60. The highest BCUT2D eigenvalue weighted by Gasteiger charge is 2.22. The van der Waals surface area contributed by atoms with Crippen LogP contribution < -0.4 is 5.32 Å². The predicted octanol–water partition coefficient (Wildman–Crippen LogP) is 1.24. The van der Waals surface area contributed by atoms with Crippen molar-refractivity contribution in [2.75, 3.05) is 20.1 Å². The van der Waals surface area contributed by atoms with Crippen LogP contribution in [0.5, 0.6) is 0 Å². The number of hydrogen-bond donors (Lipinski definition) is 1. The maximum absolute atomic E-state index is 11.4. The van der Waals surface area contributed by atoms with E-state index in [2.05, 4.69) is 19.2 Å². The number of hydrogen-bond acceptors (Lipinski definition) is 2. The third-order valence-electron chi connectivity index (χ3n) is 3.11. The molecular formula is C11H22N2O. The highest BCUT2D eigenvalue weighted by molar-refractivity contribution is 5.77. The fraction of sp³-hybridized carbons (Fsp3) is 0.909. The van der Waals surface area contributed by atoms with Crippen molar-refractivity contribution in [3.05, 3.63) is 0 Å². The molecule has 0 aromatic carbocycles. The van der Waals surface area contributed by atoms with E-state index in [0.717, 1.165) is 19.5 Å². The van der Waals surface area contributed by atoms with Crippen LogP contribution in [0.2, 0.25) is 0 Å². The number of nitrogens with one attached hydrogen (secondary N) is 1. The quantitative estimate of drug-likeness (QED) is 0.737. The Kier molecular flexibility index (Phi) is 4.39. The molecule has 82 valence electrons. The summed E-state index contributed by atoms with van der Waals surface area (Å²) in [4.78, 5) is 13.2.